The second kappa shape index (κ2) is 5.82. The Bertz CT molecular complexity index is 749. The van der Waals surface area contributed by atoms with E-state index in [2.05, 4.69) is 10.2 Å². The Hall–Kier alpha value is -1.71. The molecule has 0 saturated carbocycles. The average Bonchev–Trinajstić information content (AvgIpc) is 2.94. The first-order chi connectivity index (χ1) is 10.5. The predicted octanol–water partition coefficient (Wildman–Crippen LogP) is 0.940. The maximum Gasteiger partial charge on any atom is 0.243 e. The number of nitrogens with zero attached hydrogens (tertiary/aromatic N) is 4. The lowest BCUT2D eigenvalue weighted by Gasteiger charge is -2.33. The number of rotatable bonds is 3. The molecule has 1 aromatic carbocycles. The highest BCUT2D eigenvalue weighted by atomic mass is 32.2. The van der Waals surface area contributed by atoms with Gasteiger partial charge in [-0.25, -0.2) is 8.42 Å². The van der Waals surface area contributed by atoms with Crippen LogP contribution < -0.4 is 10.6 Å². The monoisotopic (exact) mass is 339 g/mol. The van der Waals surface area contributed by atoms with Gasteiger partial charge < -0.3 is 10.6 Å². The number of hydrogen-bond donors (Lipinski definition) is 1. The number of aromatic nitrogens is 2. The number of piperazine rings is 1. The fourth-order valence-corrected chi connectivity index (χ4v) is 4.42. The highest BCUT2D eigenvalue weighted by Gasteiger charge is 2.29. The molecule has 2 heterocycles. The summed E-state index contributed by atoms with van der Waals surface area (Å²) in [6.45, 7) is 3.95. The smallest absolute Gasteiger partial charge is 0.243 e. The van der Waals surface area contributed by atoms with Crippen molar-refractivity contribution in [2.24, 2.45) is 0 Å². The van der Waals surface area contributed by atoms with Crippen molar-refractivity contribution < 1.29 is 8.42 Å². The van der Waals surface area contributed by atoms with E-state index in [0.717, 1.165) is 10.7 Å². The molecule has 0 bridgehead atoms. The molecule has 0 radical (unpaired) electrons. The van der Waals surface area contributed by atoms with Crippen LogP contribution in [-0.2, 0) is 10.0 Å². The van der Waals surface area contributed by atoms with Gasteiger partial charge in [-0.05, 0) is 19.1 Å². The van der Waals surface area contributed by atoms with Crippen molar-refractivity contribution >= 4 is 31.6 Å². The van der Waals surface area contributed by atoms with Crippen molar-refractivity contribution in [1.82, 2.24) is 14.5 Å². The van der Waals surface area contributed by atoms with E-state index in [1.807, 2.05) is 24.0 Å². The summed E-state index contributed by atoms with van der Waals surface area (Å²) < 4.78 is 26.7. The van der Waals surface area contributed by atoms with Crippen LogP contribution >= 0.6 is 11.3 Å². The van der Waals surface area contributed by atoms with Crippen LogP contribution in [0.5, 0.6) is 0 Å². The van der Waals surface area contributed by atoms with E-state index < -0.39 is 10.0 Å². The molecule has 9 heteroatoms. The van der Waals surface area contributed by atoms with E-state index in [9.17, 15) is 8.42 Å². The molecule has 22 heavy (non-hydrogen) atoms. The zero-order chi connectivity index (χ0) is 15.7. The number of anilines is 2. The van der Waals surface area contributed by atoms with Crippen LogP contribution in [0.4, 0.5) is 10.3 Å². The van der Waals surface area contributed by atoms with Gasteiger partial charge in [0.2, 0.25) is 20.3 Å². The molecule has 7 nitrogen and oxygen atoms in total. The highest BCUT2D eigenvalue weighted by Crippen LogP contribution is 2.24. The number of hydrogen-bond acceptors (Lipinski definition) is 7. The van der Waals surface area contributed by atoms with Gasteiger partial charge in [-0.2, -0.15) is 4.31 Å². The number of aryl methyl sites for hydroxylation is 1. The van der Waals surface area contributed by atoms with E-state index in [1.54, 1.807) is 12.1 Å². The molecule has 2 aromatic rings. The Morgan fingerprint density at radius 1 is 1.09 bits per heavy atom. The topological polar surface area (TPSA) is 92.4 Å². The summed E-state index contributed by atoms with van der Waals surface area (Å²) in [7, 11) is -3.43. The quantitative estimate of drug-likeness (QED) is 0.895. The molecular formula is C13H17N5O2S2. The lowest BCUT2D eigenvalue weighted by molar-refractivity contribution is 0.384. The van der Waals surface area contributed by atoms with Crippen LogP contribution in [-0.4, -0.2) is 49.1 Å². The van der Waals surface area contributed by atoms with Crippen LogP contribution in [0.15, 0.2) is 29.2 Å². The van der Waals surface area contributed by atoms with Gasteiger partial charge in [0.15, 0.2) is 0 Å². The zero-order valence-corrected chi connectivity index (χ0v) is 13.8. The van der Waals surface area contributed by atoms with E-state index in [4.69, 9.17) is 5.73 Å². The lowest BCUT2D eigenvalue weighted by atomic mass is 10.2. The summed E-state index contributed by atoms with van der Waals surface area (Å²) in [5.74, 6) is 0. The van der Waals surface area contributed by atoms with Crippen molar-refractivity contribution in [2.75, 3.05) is 36.8 Å². The molecule has 3 rings (SSSR count). The average molecular weight is 339 g/mol. The SMILES string of the molecule is Cc1ccc(S(=O)(=O)N2CCN(c3nnc(N)s3)CC2)cc1. The first kappa shape index (κ1) is 15.2. The lowest BCUT2D eigenvalue weighted by Crippen LogP contribution is -2.48. The normalized spacial score (nSPS) is 16.9. The molecule has 1 saturated heterocycles. The summed E-state index contributed by atoms with van der Waals surface area (Å²) >= 11 is 1.31. The molecule has 1 fully saturated rings. The summed E-state index contributed by atoms with van der Waals surface area (Å²) in [6, 6.07) is 6.94. The minimum Gasteiger partial charge on any atom is -0.374 e. The predicted molar refractivity (Wildman–Crippen MR) is 86.5 cm³/mol. The third kappa shape index (κ3) is 2.92. The minimum atomic E-state index is -3.43. The van der Waals surface area contributed by atoms with Crippen molar-refractivity contribution in [3.8, 4) is 0 Å². The summed E-state index contributed by atoms with van der Waals surface area (Å²) in [5.41, 5.74) is 6.62. The Morgan fingerprint density at radius 2 is 1.73 bits per heavy atom. The van der Waals surface area contributed by atoms with Gasteiger partial charge in [-0.15, -0.1) is 10.2 Å². The fraction of sp³-hybridized carbons (Fsp3) is 0.385. The fourth-order valence-electron chi connectivity index (χ4n) is 2.33. The second-order valence-electron chi connectivity index (χ2n) is 5.13. The molecule has 1 aliphatic heterocycles. The van der Waals surface area contributed by atoms with Gasteiger partial charge in [0, 0.05) is 26.2 Å². The maximum absolute atomic E-state index is 12.6. The van der Waals surface area contributed by atoms with Crippen LogP contribution in [0, 0.1) is 6.92 Å². The summed E-state index contributed by atoms with van der Waals surface area (Å²) in [5, 5.41) is 8.95. The highest BCUT2D eigenvalue weighted by molar-refractivity contribution is 7.89. The molecule has 0 unspecified atom stereocenters. The van der Waals surface area contributed by atoms with Crippen molar-refractivity contribution in [3.05, 3.63) is 29.8 Å². The van der Waals surface area contributed by atoms with Crippen LogP contribution in [0.2, 0.25) is 0 Å². The van der Waals surface area contributed by atoms with E-state index in [0.29, 0.717) is 36.2 Å². The number of nitrogen functional groups attached to an aromatic ring is 1. The molecule has 0 spiro atoms. The second-order valence-corrected chi connectivity index (χ2v) is 8.05. The Kier molecular flexibility index (Phi) is 4.02. The van der Waals surface area contributed by atoms with Crippen molar-refractivity contribution in [3.63, 3.8) is 0 Å². The molecule has 1 aliphatic rings. The summed E-state index contributed by atoms with van der Waals surface area (Å²) in [4.78, 5) is 2.35. The Balaban J connectivity index is 1.71. The van der Waals surface area contributed by atoms with E-state index >= 15 is 0 Å². The molecular weight excluding hydrogens is 322 g/mol. The van der Waals surface area contributed by atoms with Gasteiger partial charge >= 0.3 is 0 Å². The van der Waals surface area contributed by atoms with Gasteiger partial charge in [0.25, 0.3) is 0 Å². The first-order valence-corrected chi connectivity index (χ1v) is 9.13. The van der Waals surface area contributed by atoms with Crippen LogP contribution in [0.1, 0.15) is 5.56 Å². The van der Waals surface area contributed by atoms with Gasteiger partial charge in [0.05, 0.1) is 4.90 Å². The molecule has 0 amide bonds. The van der Waals surface area contributed by atoms with E-state index in [1.165, 1.54) is 15.6 Å². The molecule has 0 atom stereocenters. The third-order valence-corrected chi connectivity index (χ3v) is 6.32. The molecule has 1 aromatic heterocycles. The van der Waals surface area contributed by atoms with Crippen molar-refractivity contribution in [2.45, 2.75) is 11.8 Å². The zero-order valence-electron chi connectivity index (χ0n) is 12.1. The molecule has 2 N–H and O–H groups in total. The number of benzene rings is 1. The van der Waals surface area contributed by atoms with Crippen molar-refractivity contribution in [1.29, 1.82) is 0 Å². The minimum absolute atomic E-state index is 0.340. The molecule has 0 aliphatic carbocycles. The standard InChI is InChI=1S/C13H17N5O2S2/c1-10-2-4-11(5-3-10)22(19,20)18-8-6-17(7-9-18)13-16-15-12(14)21-13/h2-5H,6-9H2,1H3,(H2,14,15). The number of sulfonamides is 1. The maximum atomic E-state index is 12.6. The van der Waals surface area contributed by atoms with Gasteiger partial charge in [0.1, 0.15) is 0 Å². The van der Waals surface area contributed by atoms with Crippen LogP contribution in [0.25, 0.3) is 0 Å². The summed E-state index contributed by atoms with van der Waals surface area (Å²) in [6.07, 6.45) is 0. The van der Waals surface area contributed by atoms with Gasteiger partial charge in [-0.3, -0.25) is 0 Å². The molecule has 118 valence electrons. The van der Waals surface area contributed by atoms with E-state index in [-0.39, 0.29) is 0 Å². The largest absolute Gasteiger partial charge is 0.374 e. The Morgan fingerprint density at radius 3 is 2.27 bits per heavy atom. The first-order valence-electron chi connectivity index (χ1n) is 6.87. The number of nitrogens with two attached hydrogens (primary N) is 1. The van der Waals surface area contributed by atoms with Gasteiger partial charge in [-0.1, -0.05) is 29.0 Å². The third-order valence-electron chi connectivity index (χ3n) is 3.60. The Labute approximate surface area is 133 Å². The van der Waals surface area contributed by atoms with Crippen LogP contribution in [0.3, 0.4) is 0 Å².